The van der Waals surface area contributed by atoms with Gasteiger partial charge in [-0.15, -0.1) is 0 Å². The monoisotopic (exact) mass is 1660 g/mol. The minimum absolute atomic E-state index is 0.0929. The SMILES string of the molecule is CC(O)CC(=O)c1c2c(-c3c(F)c(F)c(F)c(F)c3F)c3nc(c(-c4c(F)c(F)c(F)c(F)c4F)c4ccc([nH]4)c(-c4c(F)c(F)c(F)c(F)c4F)c4c(C(=O)CC(C)O)c(c(-c5c(F)c(F)c(F)c(F)c5F)c5nc(c(-c6c(F)c(F)c(F)c(F)c6F)c6ccc([nH]6)c(-c6c(F)c(F)c(F)c(F)c6F)c1C(=O)N2)C=C5)NC4=O)C=C3. The molecule has 598 valence electrons. The van der Waals surface area contributed by atoms with Crippen LogP contribution >= 0.6 is 0 Å². The number of nitrogens with one attached hydrogen (secondary N) is 4. The highest BCUT2D eigenvalue weighted by atomic mass is 19.2. The van der Waals surface area contributed by atoms with Crippen LogP contribution in [0.25, 0.3) is 113 Å². The molecule has 0 aliphatic carbocycles. The van der Waals surface area contributed by atoms with Gasteiger partial charge in [0.1, 0.15) is 0 Å². The van der Waals surface area contributed by atoms with Crippen LogP contribution in [-0.2, 0) is 0 Å². The number of amides is 2. The molecule has 13 rings (SSSR count). The van der Waals surface area contributed by atoms with E-state index in [1.807, 2.05) is 9.97 Å². The third kappa shape index (κ3) is 12.3. The predicted molar refractivity (Wildman–Crippen MR) is 343 cm³/mol. The van der Waals surface area contributed by atoms with Crippen molar-refractivity contribution in [1.29, 1.82) is 0 Å². The van der Waals surface area contributed by atoms with Gasteiger partial charge in [-0.2, -0.15) is 0 Å². The number of aliphatic hydroxyl groups excluding tert-OH is 2. The van der Waals surface area contributed by atoms with Crippen molar-refractivity contribution >= 4 is 81.1 Å². The third-order valence-electron chi connectivity index (χ3n) is 18.0. The molecular formula is C74H26F30N6O6. The highest BCUT2D eigenvalue weighted by Crippen LogP contribution is 2.52. The number of H-pyrrole nitrogens is 2. The second kappa shape index (κ2) is 29.1. The van der Waals surface area contributed by atoms with E-state index in [1.54, 1.807) is 10.6 Å². The van der Waals surface area contributed by atoms with E-state index in [0.717, 1.165) is 0 Å². The van der Waals surface area contributed by atoms with Crippen LogP contribution in [-0.4, -0.2) is 65.7 Å². The van der Waals surface area contributed by atoms with Gasteiger partial charge >= 0.3 is 0 Å². The smallest absolute Gasteiger partial charge is 0.257 e. The van der Waals surface area contributed by atoms with Crippen LogP contribution in [0.1, 0.15) is 90.9 Å². The van der Waals surface area contributed by atoms with Gasteiger partial charge in [0.05, 0.1) is 102 Å². The molecule has 0 saturated heterocycles. The molecule has 2 unspecified atom stereocenters. The van der Waals surface area contributed by atoms with Crippen molar-refractivity contribution in [2.24, 2.45) is 0 Å². The van der Waals surface area contributed by atoms with Crippen molar-refractivity contribution in [2.75, 3.05) is 10.6 Å². The van der Waals surface area contributed by atoms with Crippen molar-refractivity contribution < 1.29 is 161 Å². The zero-order chi connectivity index (χ0) is 85.1. The Hall–Kier alpha value is -13.0. The first-order valence-corrected chi connectivity index (χ1v) is 31.7. The van der Waals surface area contributed by atoms with E-state index in [0.29, 0.717) is 13.8 Å². The molecule has 0 spiro atoms. The van der Waals surface area contributed by atoms with Crippen LogP contribution in [0, 0.1) is 175 Å². The molecule has 0 saturated carbocycles. The van der Waals surface area contributed by atoms with E-state index in [9.17, 15) is 10.2 Å². The third-order valence-corrected chi connectivity index (χ3v) is 18.0. The summed E-state index contributed by atoms with van der Waals surface area (Å²) in [5, 5.41) is 24.7. The number of fused-ring (bicyclic) bond motifs is 12. The Labute approximate surface area is 620 Å². The average molecular weight is 1660 g/mol. The number of benzene rings is 6. The number of carbonyl (C=O) groups is 4. The lowest BCUT2D eigenvalue weighted by Gasteiger charge is -2.14. The number of halogens is 30. The first kappa shape index (κ1) is 81.0. The van der Waals surface area contributed by atoms with Crippen molar-refractivity contribution in [2.45, 2.75) is 38.9 Å². The summed E-state index contributed by atoms with van der Waals surface area (Å²) in [6.07, 6.45) is -7.43. The van der Waals surface area contributed by atoms with Gasteiger partial charge in [-0.05, 0) is 62.4 Å². The summed E-state index contributed by atoms with van der Waals surface area (Å²) in [6, 6.07) is 0.508. The van der Waals surface area contributed by atoms with Gasteiger partial charge in [0.25, 0.3) is 11.8 Å². The van der Waals surface area contributed by atoms with Gasteiger partial charge in [-0.25, -0.2) is 142 Å². The number of rotatable bonds is 12. The zero-order valence-electron chi connectivity index (χ0n) is 55.9. The number of ketones is 2. The normalized spacial score (nSPS) is 13.1. The average Bonchev–Trinajstić information content (AvgIpc) is 1.56. The Morgan fingerprint density at radius 2 is 0.440 bits per heavy atom. The van der Waals surface area contributed by atoms with Crippen LogP contribution in [0.15, 0.2) is 24.3 Å². The van der Waals surface area contributed by atoms with Crippen LogP contribution in [0.5, 0.6) is 0 Å². The quantitative estimate of drug-likeness (QED) is 0.0301. The number of hydrogen-bond donors (Lipinski definition) is 6. The number of Topliss-reactive ketones (excluding diaryl/α,β-unsaturated/α-hetero) is 2. The molecule has 2 atom stereocenters. The maximum atomic E-state index is 17.0. The van der Waals surface area contributed by atoms with E-state index < -0.39 is 368 Å². The second-order valence-electron chi connectivity index (χ2n) is 25.0. The minimum atomic E-state index is -3.16. The van der Waals surface area contributed by atoms with Gasteiger partial charge in [-0.1, -0.05) is 0 Å². The molecule has 2 amide bonds. The second-order valence-corrected chi connectivity index (χ2v) is 25.0. The highest BCUT2D eigenvalue weighted by molar-refractivity contribution is 6.29. The summed E-state index contributed by atoms with van der Waals surface area (Å²) in [7, 11) is 0. The molecule has 4 aliphatic rings. The molecule has 12 bridgehead atoms. The summed E-state index contributed by atoms with van der Waals surface area (Å²) in [5.74, 6) is -102. The molecule has 3 aromatic heterocycles. The van der Waals surface area contributed by atoms with E-state index in [-0.39, 0.29) is 48.6 Å². The van der Waals surface area contributed by atoms with Crippen molar-refractivity contribution in [3.63, 3.8) is 0 Å². The van der Waals surface area contributed by atoms with Crippen LogP contribution in [0.3, 0.4) is 0 Å². The summed E-state index contributed by atoms with van der Waals surface area (Å²) in [5.41, 5.74) is -53.1. The molecule has 6 N–H and O–H groups in total. The number of anilines is 2. The minimum Gasteiger partial charge on any atom is -0.393 e. The van der Waals surface area contributed by atoms with Crippen molar-refractivity contribution in [3.8, 4) is 66.8 Å². The first-order valence-electron chi connectivity index (χ1n) is 31.7. The summed E-state index contributed by atoms with van der Waals surface area (Å²) in [4.78, 5) is 72.2. The number of aliphatic hydroxyl groups is 2. The summed E-state index contributed by atoms with van der Waals surface area (Å²) >= 11 is 0. The molecule has 116 heavy (non-hydrogen) atoms. The number of aromatic amines is 2. The number of hydrogen-bond acceptors (Lipinski definition) is 8. The molecule has 4 aliphatic heterocycles. The number of aromatic nitrogens is 4. The van der Waals surface area contributed by atoms with Crippen LogP contribution < -0.4 is 10.6 Å². The van der Waals surface area contributed by atoms with Crippen molar-refractivity contribution in [3.05, 3.63) is 244 Å². The fourth-order valence-electron chi connectivity index (χ4n) is 13.1. The molecule has 12 nitrogen and oxygen atoms in total. The van der Waals surface area contributed by atoms with Gasteiger partial charge in [0.2, 0.25) is 34.9 Å². The fraction of sp³-hybridized carbons (Fsp3) is 0.0811. The van der Waals surface area contributed by atoms with Crippen molar-refractivity contribution in [1.82, 2.24) is 19.9 Å². The van der Waals surface area contributed by atoms with Crippen LogP contribution in [0.2, 0.25) is 0 Å². The number of nitrogens with zero attached hydrogens (tertiary/aromatic N) is 2. The summed E-state index contributed by atoms with van der Waals surface area (Å²) in [6.45, 7) is 1.30. The molecule has 0 radical (unpaired) electrons. The molecule has 42 heteroatoms. The van der Waals surface area contributed by atoms with E-state index in [1.165, 1.54) is 0 Å². The molecule has 6 aromatic carbocycles. The fourth-order valence-corrected chi connectivity index (χ4v) is 13.1. The molecular weight excluding hydrogens is 1640 g/mol. The molecule has 7 heterocycles. The largest absolute Gasteiger partial charge is 0.393 e. The Balaban J connectivity index is 1.45. The van der Waals surface area contributed by atoms with E-state index in [4.69, 9.17) is 0 Å². The maximum absolute atomic E-state index is 17.0. The van der Waals surface area contributed by atoms with Gasteiger partial charge in [0, 0.05) is 68.3 Å². The Bertz CT molecular complexity index is 5970. The van der Waals surface area contributed by atoms with Gasteiger partial charge in [-0.3, -0.25) is 19.2 Å². The van der Waals surface area contributed by atoms with E-state index >= 15 is 151 Å². The van der Waals surface area contributed by atoms with Gasteiger partial charge < -0.3 is 30.8 Å². The van der Waals surface area contributed by atoms with E-state index in [2.05, 4.69) is 9.97 Å². The topological polar surface area (TPSA) is 190 Å². The lowest BCUT2D eigenvalue weighted by Crippen LogP contribution is -2.13. The van der Waals surface area contributed by atoms with Gasteiger partial charge in [0.15, 0.2) is 151 Å². The maximum Gasteiger partial charge on any atom is 0.257 e. The Kier molecular flexibility index (Phi) is 20.3. The lowest BCUT2D eigenvalue weighted by atomic mass is 9.91. The number of carbonyl (C=O) groups excluding carboxylic acids is 4. The Morgan fingerprint density at radius 3 is 0.647 bits per heavy atom. The molecule has 0 fully saturated rings. The standard InChI is InChI=1S/C74H26F30N6O6/c1-13(111)11-23(113)31-33-27(37-45(79)57(91)67(101)58(92)46(37)80)19-7-3-15(105-19)25(35-41(75)53(87)65(99)54(88)42(35)76)18-6-10-22(108-18)30(40-51(85)63(97)70(104)64(98)52(40)86)72-32(24(114)12-14(2)112)34(74(116)110-72)28(38-47(81)59(93)68(102)60(94)48(38)82)20-8-4-16(106-20)26(36-43(77)55(89)66(100)56(90)44(36)78)17-5-9-21(107-17)29(71(31)109-73(33)115)39-49(83)61(95)69(103)62(96)50(39)84/h3-10,13-14,105-106,111-112H,11-12H2,1-2H3,(H,109,115)(H,110,116). The zero-order valence-corrected chi connectivity index (χ0v) is 55.9. The van der Waals surface area contributed by atoms with Crippen LogP contribution in [0.4, 0.5) is 143 Å². The first-order chi connectivity index (χ1) is 54.4. The summed E-state index contributed by atoms with van der Waals surface area (Å²) < 4.78 is 486. The highest BCUT2D eigenvalue weighted by Gasteiger charge is 2.44. The Morgan fingerprint density at radius 1 is 0.267 bits per heavy atom. The predicted octanol–water partition coefficient (Wildman–Crippen LogP) is 20.1. The molecule has 9 aromatic rings. The lowest BCUT2D eigenvalue weighted by molar-refractivity contribution is 0.0889.